The number of carboxylic acids is 1. The van der Waals surface area contributed by atoms with Gasteiger partial charge in [0.1, 0.15) is 6.04 Å². The molecule has 1 aromatic carbocycles. The third-order valence-electron chi connectivity index (χ3n) is 2.88. The number of rotatable bonds is 4. The van der Waals surface area contributed by atoms with Gasteiger partial charge in [0.05, 0.1) is 14.2 Å². The van der Waals surface area contributed by atoms with Crippen LogP contribution in [0.1, 0.15) is 12.0 Å². The number of aliphatic carboxylic acids is 1. The van der Waals surface area contributed by atoms with Gasteiger partial charge in [-0.15, -0.1) is 12.4 Å². The first kappa shape index (κ1) is 15.2. The van der Waals surface area contributed by atoms with Crippen molar-refractivity contribution in [3.8, 4) is 11.5 Å². The SMILES string of the molecule is COc1ccc(C2=CCC(C(=O)O)N2)cc1OC.Cl. The van der Waals surface area contributed by atoms with Crippen molar-refractivity contribution in [1.29, 1.82) is 0 Å². The molecule has 0 radical (unpaired) electrons. The van der Waals surface area contributed by atoms with Crippen molar-refractivity contribution in [2.75, 3.05) is 14.2 Å². The summed E-state index contributed by atoms with van der Waals surface area (Å²) in [5.74, 6) is 0.424. The number of hydrogen-bond donors (Lipinski definition) is 2. The van der Waals surface area contributed by atoms with Crippen LogP contribution in [0.4, 0.5) is 0 Å². The Morgan fingerprint density at radius 1 is 1.32 bits per heavy atom. The fourth-order valence-corrected chi connectivity index (χ4v) is 1.91. The summed E-state index contributed by atoms with van der Waals surface area (Å²) in [6.07, 6.45) is 2.36. The maximum absolute atomic E-state index is 10.9. The number of carboxylic acid groups (broad SMARTS) is 1. The van der Waals surface area contributed by atoms with Crippen molar-refractivity contribution in [2.24, 2.45) is 0 Å². The Labute approximate surface area is 117 Å². The summed E-state index contributed by atoms with van der Waals surface area (Å²) in [6.45, 7) is 0. The normalized spacial score (nSPS) is 16.9. The van der Waals surface area contributed by atoms with E-state index in [2.05, 4.69) is 5.32 Å². The Morgan fingerprint density at radius 2 is 2.00 bits per heavy atom. The first-order chi connectivity index (χ1) is 8.65. The topological polar surface area (TPSA) is 67.8 Å². The molecule has 1 unspecified atom stereocenters. The highest BCUT2D eigenvalue weighted by Crippen LogP contribution is 2.31. The molecule has 1 aromatic rings. The van der Waals surface area contributed by atoms with Crippen LogP contribution in [0.2, 0.25) is 0 Å². The van der Waals surface area contributed by atoms with Crippen LogP contribution >= 0.6 is 12.4 Å². The third-order valence-corrected chi connectivity index (χ3v) is 2.88. The molecular formula is C13H16ClNO4. The smallest absolute Gasteiger partial charge is 0.326 e. The summed E-state index contributed by atoms with van der Waals surface area (Å²) in [4.78, 5) is 10.9. The molecule has 104 valence electrons. The Balaban J connectivity index is 0.00000180. The molecule has 0 bridgehead atoms. The Hall–Kier alpha value is -1.88. The Morgan fingerprint density at radius 3 is 2.53 bits per heavy atom. The summed E-state index contributed by atoms with van der Waals surface area (Å²) < 4.78 is 10.4. The number of benzene rings is 1. The minimum atomic E-state index is -0.846. The predicted octanol–water partition coefficient (Wildman–Crippen LogP) is 1.91. The summed E-state index contributed by atoms with van der Waals surface area (Å²) in [7, 11) is 3.14. The van der Waals surface area contributed by atoms with Crippen molar-refractivity contribution in [3.05, 3.63) is 29.8 Å². The second-order valence-electron chi connectivity index (χ2n) is 3.96. The number of carbonyl (C=O) groups is 1. The second kappa shape index (κ2) is 6.33. The Kier molecular flexibility index (Phi) is 5.06. The van der Waals surface area contributed by atoms with Gasteiger partial charge in [0.15, 0.2) is 11.5 Å². The van der Waals surface area contributed by atoms with Gasteiger partial charge in [-0.2, -0.15) is 0 Å². The first-order valence-corrected chi connectivity index (χ1v) is 5.57. The molecule has 0 aliphatic carbocycles. The lowest BCUT2D eigenvalue weighted by atomic mass is 10.1. The molecule has 5 nitrogen and oxygen atoms in total. The van der Waals surface area contributed by atoms with Gasteiger partial charge >= 0.3 is 5.97 Å². The summed E-state index contributed by atoms with van der Waals surface area (Å²) in [5.41, 5.74) is 1.69. The van der Waals surface area contributed by atoms with Crippen molar-refractivity contribution in [2.45, 2.75) is 12.5 Å². The van der Waals surface area contributed by atoms with Gasteiger partial charge in [-0.25, -0.2) is 4.79 Å². The minimum absolute atomic E-state index is 0. The molecule has 1 aliphatic rings. The number of halogens is 1. The molecule has 6 heteroatoms. The molecule has 1 heterocycles. The predicted molar refractivity (Wildman–Crippen MR) is 73.9 cm³/mol. The fourth-order valence-electron chi connectivity index (χ4n) is 1.91. The standard InChI is InChI=1S/C13H15NO4.ClH/c1-17-11-6-3-8(7-12(11)18-2)9-4-5-10(14-9)13(15)16;/h3-4,6-7,10,14H,5H2,1-2H3,(H,15,16);1H. The molecule has 0 spiro atoms. The average molecular weight is 286 g/mol. The van der Waals surface area contributed by atoms with Gasteiger partial charge < -0.3 is 19.9 Å². The molecule has 0 aromatic heterocycles. The minimum Gasteiger partial charge on any atom is -0.493 e. The van der Waals surface area contributed by atoms with Crippen LogP contribution in [0.3, 0.4) is 0 Å². The van der Waals surface area contributed by atoms with E-state index in [0.29, 0.717) is 17.9 Å². The van der Waals surface area contributed by atoms with Crippen molar-refractivity contribution in [3.63, 3.8) is 0 Å². The van der Waals surface area contributed by atoms with E-state index in [1.54, 1.807) is 20.3 Å². The van der Waals surface area contributed by atoms with E-state index < -0.39 is 12.0 Å². The zero-order chi connectivity index (χ0) is 13.1. The third kappa shape index (κ3) is 3.12. The van der Waals surface area contributed by atoms with E-state index in [1.165, 1.54) is 0 Å². The number of methoxy groups -OCH3 is 2. The lowest BCUT2D eigenvalue weighted by molar-refractivity contribution is -0.138. The van der Waals surface area contributed by atoms with Gasteiger partial charge in [-0.05, 0) is 24.6 Å². The van der Waals surface area contributed by atoms with Crippen molar-refractivity contribution >= 4 is 24.1 Å². The van der Waals surface area contributed by atoms with Gasteiger partial charge in [0.2, 0.25) is 0 Å². The van der Waals surface area contributed by atoms with Crippen LogP contribution in [0.25, 0.3) is 5.70 Å². The maximum atomic E-state index is 10.9. The van der Waals surface area contributed by atoms with E-state index in [-0.39, 0.29) is 12.4 Å². The quantitative estimate of drug-likeness (QED) is 0.884. The van der Waals surface area contributed by atoms with Crippen LogP contribution < -0.4 is 14.8 Å². The number of ether oxygens (including phenoxy) is 2. The van der Waals surface area contributed by atoms with E-state index in [9.17, 15) is 4.79 Å². The van der Waals surface area contributed by atoms with E-state index in [1.807, 2.05) is 18.2 Å². The zero-order valence-corrected chi connectivity index (χ0v) is 11.5. The van der Waals surface area contributed by atoms with Crippen molar-refractivity contribution < 1.29 is 19.4 Å². The van der Waals surface area contributed by atoms with Gasteiger partial charge in [0, 0.05) is 11.3 Å². The van der Waals surface area contributed by atoms with E-state index in [0.717, 1.165) is 11.3 Å². The van der Waals surface area contributed by atoms with Gasteiger partial charge in [-0.3, -0.25) is 0 Å². The second-order valence-corrected chi connectivity index (χ2v) is 3.96. The van der Waals surface area contributed by atoms with Crippen LogP contribution in [0, 0.1) is 0 Å². The highest BCUT2D eigenvalue weighted by Gasteiger charge is 2.23. The molecule has 1 aliphatic heterocycles. The van der Waals surface area contributed by atoms with Crippen LogP contribution in [0.15, 0.2) is 24.3 Å². The fraction of sp³-hybridized carbons (Fsp3) is 0.308. The number of hydrogen-bond acceptors (Lipinski definition) is 4. The van der Waals surface area contributed by atoms with Crippen LogP contribution in [-0.4, -0.2) is 31.3 Å². The van der Waals surface area contributed by atoms with E-state index in [4.69, 9.17) is 14.6 Å². The van der Waals surface area contributed by atoms with Crippen LogP contribution in [0.5, 0.6) is 11.5 Å². The number of nitrogens with one attached hydrogen (secondary N) is 1. The molecule has 19 heavy (non-hydrogen) atoms. The Bertz CT molecular complexity index is 501. The first-order valence-electron chi connectivity index (χ1n) is 5.57. The monoisotopic (exact) mass is 285 g/mol. The van der Waals surface area contributed by atoms with E-state index >= 15 is 0 Å². The lowest BCUT2D eigenvalue weighted by Crippen LogP contribution is -2.30. The zero-order valence-electron chi connectivity index (χ0n) is 10.7. The lowest BCUT2D eigenvalue weighted by Gasteiger charge is -2.12. The molecule has 0 fully saturated rings. The molecule has 2 N–H and O–H groups in total. The van der Waals surface area contributed by atoms with Gasteiger partial charge in [0.25, 0.3) is 0 Å². The van der Waals surface area contributed by atoms with Crippen molar-refractivity contribution in [1.82, 2.24) is 5.32 Å². The molecule has 0 amide bonds. The average Bonchev–Trinajstić information content (AvgIpc) is 2.87. The molecule has 2 rings (SSSR count). The highest BCUT2D eigenvalue weighted by molar-refractivity contribution is 5.85. The molecule has 1 atom stereocenters. The van der Waals surface area contributed by atoms with Crippen LogP contribution in [-0.2, 0) is 4.79 Å². The molecule has 0 saturated carbocycles. The molecule has 0 saturated heterocycles. The molecular weight excluding hydrogens is 270 g/mol. The largest absolute Gasteiger partial charge is 0.493 e. The summed E-state index contributed by atoms with van der Waals surface area (Å²) >= 11 is 0. The maximum Gasteiger partial charge on any atom is 0.326 e. The van der Waals surface area contributed by atoms with Gasteiger partial charge in [-0.1, -0.05) is 6.08 Å². The summed E-state index contributed by atoms with van der Waals surface area (Å²) in [6, 6.07) is 4.94. The highest BCUT2D eigenvalue weighted by atomic mass is 35.5. The summed E-state index contributed by atoms with van der Waals surface area (Å²) in [5, 5.41) is 11.9.